The lowest BCUT2D eigenvalue weighted by Crippen LogP contribution is -2.50. The fourth-order valence-corrected chi connectivity index (χ4v) is 5.02. The Morgan fingerprint density at radius 2 is 1.70 bits per heavy atom. The highest BCUT2D eigenvalue weighted by molar-refractivity contribution is 5.84. The monoisotopic (exact) mass is 584 g/mol. The molecule has 3 heterocycles. The number of piperazine rings is 1. The number of benzene rings is 2. The Morgan fingerprint density at radius 3 is 2.37 bits per heavy atom. The topological polar surface area (TPSA) is 94.8 Å². The van der Waals surface area contributed by atoms with Crippen molar-refractivity contribution < 1.29 is 19.0 Å². The summed E-state index contributed by atoms with van der Waals surface area (Å²) in [5.41, 5.74) is 2.10. The molecular formula is C33H40N6O4. The average Bonchev–Trinajstić information content (AvgIpc) is 3.38. The summed E-state index contributed by atoms with van der Waals surface area (Å²) < 4.78 is 18.9. The maximum Gasteiger partial charge on any atom is 0.410 e. The number of hydrogen-bond acceptors (Lipinski definition) is 8. The van der Waals surface area contributed by atoms with E-state index < -0.39 is 5.60 Å². The van der Waals surface area contributed by atoms with Crippen LogP contribution < -0.4 is 14.4 Å². The highest BCUT2D eigenvalue weighted by Crippen LogP contribution is 2.29. The van der Waals surface area contributed by atoms with Gasteiger partial charge < -0.3 is 28.6 Å². The molecule has 1 fully saturated rings. The lowest BCUT2D eigenvalue weighted by molar-refractivity contribution is 0.0240. The number of allylic oxidation sites excluding steroid dienone is 1. The van der Waals surface area contributed by atoms with Gasteiger partial charge in [-0.15, -0.1) is 0 Å². The van der Waals surface area contributed by atoms with Crippen LogP contribution in [0.4, 0.5) is 10.6 Å². The van der Waals surface area contributed by atoms with Gasteiger partial charge in [-0.3, -0.25) is 0 Å². The molecule has 10 nitrogen and oxygen atoms in total. The van der Waals surface area contributed by atoms with Crippen LogP contribution in [-0.4, -0.2) is 76.0 Å². The molecule has 10 heteroatoms. The summed E-state index contributed by atoms with van der Waals surface area (Å²) in [6.07, 6.45) is 5.45. The molecule has 0 saturated carbocycles. The Morgan fingerprint density at radius 1 is 0.977 bits per heavy atom. The highest BCUT2D eigenvalue weighted by atomic mass is 16.6. The van der Waals surface area contributed by atoms with Crippen molar-refractivity contribution in [3.63, 3.8) is 0 Å². The molecule has 0 aliphatic carbocycles. The van der Waals surface area contributed by atoms with E-state index in [0.717, 1.165) is 39.9 Å². The number of carbonyl (C=O) groups is 1. The van der Waals surface area contributed by atoms with Crippen molar-refractivity contribution in [1.82, 2.24) is 24.4 Å². The number of methoxy groups -OCH3 is 1. The van der Waals surface area contributed by atoms with Crippen molar-refractivity contribution in [2.24, 2.45) is 0 Å². The van der Waals surface area contributed by atoms with Crippen LogP contribution in [0.1, 0.15) is 45.0 Å². The van der Waals surface area contributed by atoms with Gasteiger partial charge in [0.25, 0.3) is 0 Å². The van der Waals surface area contributed by atoms with Crippen LogP contribution in [0.15, 0.2) is 73.1 Å². The number of anilines is 1. The molecule has 1 amide bonds. The Bertz CT molecular complexity index is 1540. The molecule has 0 radical (unpaired) electrons. The molecule has 2 aromatic heterocycles. The number of amides is 1. The molecule has 226 valence electrons. The molecular weight excluding hydrogens is 544 g/mol. The maximum absolute atomic E-state index is 12.6. The molecule has 1 aliphatic heterocycles. The minimum absolute atomic E-state index is 0.0105. The van der Waals surface area contributed by atoms with Crippen LogP contribution >= 0.6 is 0 Å². The maximum atomic E-state index is 12.6. The number of para-hydroxylation sites is 1. The second-order valence-corrected chi connectivity index (χ2v) is 11.6. The third kappa shape index (κ3) is 7.43. The summed E-state index contributed by atoms with van der Waals surface area (Å²) in [4.78, 5) is 31.0. The van der Waals surface area contributed by atoms with Gasteiger partial charge >= 0.3 is 6.09 Å². The molecule has 1 unspecified atom stereocenters. The first-order chi connectivity index (χ1) is 20.7. The molecule has 43 heavy (non-hydrogen) atoms. The smallest absolute Gasteiger partial charge is 0.410 e. The van der Waals surface area contributed by atoms with Gasteiger partial charge in [0.05, 0.1) is 13.7 Å². The van der Waals surface area contributed by atoms with E-state index in [1.54, 1.807) is 18.3 Å². The summed E-state index contributed by atoms with van der Waals surface area (Å²) in [5, 5.41) is 0. The molecule has 1 atom stereocenters. The minimum Gasteiger partial charge on any atom is -0.497 e. The lowest BCUT2D eigenvalue weighted by Gasteiger charge is -2.36. The number of fused-ring (bicyclic) bond motifs is 1. The zero-order valence-corrected chi connectivity index (χ0v) is 25.6. The molecule has 0 spiro atoms. The zero-order chi connectivity index (χ0) is 30.4. The third-order valence-corrected chi connectivity index (χ3v) is 7.19. The first-order valence-corrected chi connectivity index (χ1v) is 14.6. The number of nitrogens with zero attached hydrogens (tertiary/aromatic N) is 6. The van der Waals surface area contributed by atoms with Crippen molar-refractivity contribution in [3.8, 4) is 11.5 Å². The van der Waals surface area contributed by atoms with E-state index in [4.69, 9.17) is 24.2 Å². The van der Waals surface area contributed by atoms with E-state index in [2.05, 4.69) is 39.6 Å². The fraction of sp³-hybridized carbons (Fsp3) is 0.394. The number of ether oxygens (including phenoxy) is 3. The van der Waals surface area contributed by atoms with Crippen LogP contribution in [0.5, 0.6) is 11.5 Å². The summed E-state index contributed by atoms with van der Waals surface area (Å²) in [6, 6.07) is 17.8. The second-order valence-electron chi connectivity index (χ2n) is 11.6. The highest BCUT2D eigenvalue weighted by Gasteiger charge is 2.28. The van der Waals surface area contributed by atoms with Gasteiger partial charge in [0.2, 0.25) is 0 Å². The normalized spacial score (nSPS) is 14.7. The fourth-order valence-electron chi connectivity index (χ4n) is 5.02. The molecule has 4 aromatic rings. The molecule has 1 saturated heterocycles. The van der Waals surface area contributed by atoms with Crippen molar-refractivity contribution >= 4 is 23.1 Å². The van der Waals surface area contributed by atoms with Crippen LogP contribution in [0, 0.1) is 0 Å². The summed E-state index contributed by atoms with van der Waals surface area (Å²) in [7, 11) is 1.66. The van der Waals surface area contributed by atoms with Gasteiger partial charge in [-0.25, -0.2) is 19.7 Å². The predicted octanol–water partition coefficient (Wildman–Crippen LogP) is 5.68. The van der Waals surface area contributed by atoms with Crippen molar-refractivity contribution in [2.45, 2.75) is 45.8 Å². The molecule has 0 bridgehead atoms. The third-order valence-electron chi connectivity index (χ3n) is 7.19. The first-order valence-electron chi connectivity index (χ1n) is 14.6. The standard InChI is InChI=1S/C33H40N6O4/c1-24(10-9-21-42-27-11-7-6-8-12-27)29-36-28-30(37-17-19-38(20-18-37)32(40)43-33(2,3)4)34-23-35-31(28)39(29)22-25-13-15-26(41-5)16-14-25/h6-16,23-24H,17-22H2,1-5H3/b10-9+. The quantitative estimate of drug-likeness (QED) is 0.232. The van der Waals surface area contributed by atoms with E-state index in [-0.39, 0.29) is 12.0 Å². The van der Waals surface area contributed by atoms with Crippen molar-refractivity contribution in [3.05, 3.63) is 84.5 Å². The minimum atomic E-state index is -0.529. The number of hydrogen-bond donors (Lipinski definition) is 0. The lowest BCUT2D eigenvalue weighted by atomic mass is 10.1. The van der Waals surface area contributed by atoms with Gasteiger partial charge in [-0.2, -0.15) is 0 Å². The number of rotatable bonds is 9. The van der Waals surface area contributed by atoms with E-state index in [1.807, 2.05) is 69.3 Å². The molecule has 1 aliphatic rings. The van der Waals surface area contributed by atoms with E-state index in [1.165, 1.54) is 0 Å². The number of imidazole rings is 1. The first kappa shape index (κ1) is 29.9. The molecule has 0 N–H and O–H groups in total. The molecule has 2 aromatic carbocycles. The Hall–Kier alpha value is -4.60. The van der Waals surface area contributed by atoms with E-state index in [9.17, 15) is 4.79 Å². The van der Waals surface area contributed by atoms with Gasteiger partial charge in [0.1, 0.15) is 35.9 Å². The van der Waals surface area contributed by atoms with Crippen LogP contribution in [-0.2, 0) is 11.3 Å². The largest absolute Gasteiger partial charge is 0.497 e. The van der Waals surface area contributed by atoms with Crippen molar-refractivity contribution in [1.29, 1.82) is 0 Å². The number of aromatic nitrogens is 4. The van der Waals surface area contributed by atoms with Crippen LogP contribution in [0.2, 0.25) is 0 Å². The molecule has 5 rings (SSSR count). The average molecular weight is 585 g/mol. The van der Waals surface area contributed by atoms with Gasteiger partial charge in [0.15, 0.2) is 17.0 Å². The second kappa shape index (κ2) is 13.1. The Kier molecular flexibility index (Phi) is 9.13. The van der Waals surface area contributed by atoms with Gasteiger partial charge in [0, 0.05) is 32.1 Å². The van der Waals surface area contributed by atoms with E-state index >= 15 is 0 Å². The van der Waals surface area contributed by atoms with Crippen LogP contribution in [0.25, 0.3) is 11.2 Å². The van der Waals surface area contributed by atoms with Gasteiger partial charge in [-0.1, -0.05) is 49.4 Å². The van der Waals surface area contributed by atoms with Crippen LogP contribution in [0.3, 0.4) is 0 Å². The summed E-state index contributed by atoms with van der Waals surface area (Å²) >= 11 is 0. The SMILES string of the molecule is COc1ccc(Cn2c(C(C)/C=C/COc3ccccc3)nc3c(N4CCN(C(=O)OC(C)(C)C)CC4)ncnc32)cc1. The number of carbonyl (C=O) groups excluding carboxylic acids is 1. The summed E-state index contributed by atoms with van der Waals surface area (Å²) in [5.74, 6) is 3.29. The summed E-state index contributed by atoms with van der Waals surface area (Å²) in [6.45, 7) is 11.1. The van der Waals surface area contributed by atoms with Crippen molar-refractivity contribution in [2.75, 3.05) is 44.8 Å². The Balaban J connectivity index is 1.40. The van der Waals surface area contributed by atoms with Gasteiger partial charge in [-0.05, 0) is 50.6 Å². The van der Waals surface area contributed by atoms with E-state index in [0.29, 0.717) is 39.3 Å². The zero-order valence-electron chi connectivity index (χ0n) is 25.6. The predicted molar refractivity (Wildman–Crippen MR) is 167 cm³/mol. The Labute approximate surface area is 252 Å².